The predicted molar refractivity (Wildman–Crippen MR) is 54.9 cm³/mol. The number of rotatable bonds is 3. The van der Waals surface area contributed by atoms with Crippen LogP contribution in [0, 0.1) is 35.5 Å². The first-order valence-corrected chi connectivity index (χ1v) is 6.11. The van der Waals surface area contributed by atoms with Crippen LogP contribution in [0.2, 0.25) is 0 Å². The molecule has 15 heavy (non-hydrogen) atoms. The van der Waals surface area contributed by atoms with Crippen LogP contribution in [0.5, 0.6) is 0 Å². The van der Waals surface area contributed by atoms with Gasteiger partial charge in [-0.1, -0.05) is 11.6 Å². The number of carbonyl (C=O) groups is 1. The molecule has 5 rings (SSSR count). The van der Waals surface area contributed by atoms with Crippen molar-refractivity contribution in [1.29, 1.82) is 0 Å². The lowest BCUT2D eigenvalue weighted by atomic mass is 9.93. The van der Waals surface area contributed by atoms with E-state index in [2.05, 4.69) is 6.08 Å². The molecule has 0 saturated heterocycles. The minimum atomic E-state index is -0.146. The van der Waals surface area contributed by atoms with Gasteiger partial charge in [0.1, 0.15) is 0 Å². The van der Waals surface area contributed by atoms with E-state index in [1.54, 1.807) is 5.57 Å². The number of ether oxygens (including phenoxy) is 1. The Labute approximate surface area is 89.7 Å². The van der Waals surface area contributed by atoms with Crippen molar-refractivity contribution >= 4 is 5.97 Å². The highest BCUT2D eigenvalue weighted by Gasteiger charge is 2.75. The van der Waals surface area contributed by atoms with Gasteiger partial charge in [0.15, 0.2) is 0 Å². The normalized spacial score (nSPS) is 51.9. The largest absolute Gasteiger partial charge is 0.466 e. The van der Waals surface area contributed by atoms with Crippen molar-refractivity contribution < 1.29 is 9.53 Å². The summed E-state index contributed by atoms with van der Waals surface area (Å²) in [6.07, 6.45) is 5.01. The third kappa shape index (κ3) is 0.889. The van der Waals surface area contributed by atoms with Gasteiger partial charge in [-0.2, -0.15) is 0 Å². The Bertz CT molecular complexity index is 371. The van der Waals surface area contributed by atoms with E-state index in [4.69, 9.17) is 4.74 Å². The second-order valence-electron chi connectivity index (χ2n) is 5.65. The summed E-state index contributed by atoms with van der Waals surface area (Å²) in [4.78, 5) is 10.7. The number of hydrogen-bond acceptors (Lipinski definition) is 2. The average molecular weight is 204 g/mol. The van der Waals surface area contributed by atoms with Gasteiger partial charge in [0.2, 0.25) is 0 Å². The number of hydrogen-bond donors (Lipinski definition) is 0. The summed E-state index contributed by atoms with van der Waals surface area (Å²) >= 11 is 0. The van der Waals surface area contributed by atoms with Crippen molar-refractivity contribution in [2.24, 2.45) is 35.5 Å². The molecule has 0 aromatic rings. The van der Waals surface area contributed by atoms with Crippen molar-refractivity contribution in [3.05, 3.63) is 11.6 Å². The maximum Gasteiger partial charge on any atom is 0.302 e. The molecule has 0 aromatic carbocycles. The fourth-order valence-electron chi connectivity index (χ4n) is 4.90. The third-order valence-electron chi connectivity index (χ3n) is 5.18. The molecule has 0 spiro atoms. The van der Waals surface area contributed by atoms with Crippen LogP contribution in [-0.2, 0) is 9.53 Å². The molecule has 0 N–H and O–H groups in total. The van der Waals surface area contributed by atoms with Crippen LogP contribution in [-0.4, -0.2) is 12.6 Å². The summed E-state index contributed by atoms with van der Waals surface area (Å²) in [5, 5.41) is 0. The molecule has 0 heterocycles. The Morgan fingerprint density at radius 3 is 2.93 bits per heavy atom. The highest BCUT2D eigenvalue weighted by Crippen LogP contribution is 2.80. The lowest BCUT2D eigenvalue weighted by Gasteiger charge is -2.14. The number of esters is 1. The SMILES string of the molecule is CC(=O)OCCC1=C[C@@H]2[C@@H]3C[C@@H]4[C@@H]2[C@H]4[C@@H]13. The summed E-state index contributed by atoms with van der Waals surface area (Å²) in [6.45, 7) is 2.09. The second kappa shape index (κ2) is 2.47. The minimum absolute atomic E-state index is 0.146. The standard InChI is InChI=1S/C13H16O2/c1-6(14)15-3-2-7-4-8-9-5-10-12(8)13(10)11(7)9/h4,8-13H,2-3,5H2,1H3/t8-,9+,10-,11+,12-,13-/m1/s1. The van der Waals surface area contributed by atoms with Crippen LogP contribution >= 0.6 is 0 Å². The van der Waals surface area contributed by atoms with Crippen molar-refractivity contribution in [1.82, 2.24) is 0 Å². The Morgan fingerprint density at radius 2 is 2.33 bits per heavy atom. The summed E-state index contributed by atoms with van der Waals surface area (Å²) in [5.41, 5.74) is 1.62. The lowest BCUT2D eigenvalue weighted by molar-refractivity contribution is -0.140. The molecule has 2 nitrogen and oxygen atoms in total. The van der Waals surface area contributed by atoms with Gasteiger partial charge in [-0.05, 0) is 41.9 Å². The van der Waals surface area contributed by atoms with E-state index in [1.165, 1.54) is 13.3 Å². The van der Waals surface area contributed by atoms with E-state index in [1.807, 2.05) is 0 Å². The molecular formula is C13H16O2. The minimum Gasteiger partial charge on any atom is -0.466 e. The van der Waals surface area contributed by atoms with E-state index in [0.717, 1.165) is 41.9 Å². The van der Waals surface area contributed by atoms with Gasteiger partial charge in [0, 0.05) is 13.3 Å². The fraction of sp³-hybridized carbons (Fsp3) is 0.769. The summed E-state index contributed by atoms with van der Waals surface area (Å²) < 4.78 is 5.03. The van der Waals surface area contributed by atoms with E-state index >= 15 is 0 Å². The van der Waals surface area contributed by atoms with Crippen LogP contribution in [0.25, 0.3) is 0 Å². The molecule has 0 unspecified atom stereocenters. The summed E-state index contributed by atoms with van der Waals surface area (Å²) in [5.74, 6) is 5.91. The monoisotopic (exact) mass is 204 g/mol. The van der Waals surface area contributed by atoms with Crippen LogP contribution in [0.1, 0.15) is 19.8 Å². The smallest absolute Gasteiger partial charge is 0.302 e. The Balaban J connectivity index is 1.44. The number of allylic oxidation sites excluding steroid dienone is 1. The molecule has 6 bridgehead atoms. The molecule has 0 aromatic heterocycles. The Morgan fingerprint density at radius 1 is 1.47 bits per heavy atom. The third-order valence-corrected chi connectivity index (χ3v) is 5.18. The highest BCUT2D eigenvalue weighted by molar-refractivity contribution is 5.65. The molecule has 5 aliphatic carbocycles. The maximum absolute atomic E-state index is 10.7. The van der Waals surface area contributed by atoms with Crippen molar-refractivity contribution in [2.75, 3.05) is 6.61 Å². The summed E-state index contributed by atoms with van der Waals surface area (Å²) in [7, 11) is 0. The number of carbonyl (C=O) groups excluding carboxylic acids is 1. The molecule has 4 fully saturated rings. The molecule has 4 saturated carbocycles. The highest BCUT2D eigenvalue weighted by atomic mass is 16.5. The van der Waals surface area contributed by atoms with Gasteiger partial charge < -0.3 is 4.74 Å². The molecule has 80 valence electrons. The summed E-state index contributed by atoms with van der Waals surface area (Å²) in [6, 6.07) is 0. The van der Waals surface area contributed by atoms with Crippen LogP contribution in [0.4, 0.5) is 0 Å². The quantitative estimate of drug-likeness (QED) is 0.519. The predicted octanol–water partition coefficient (Wildman–Crippen LogP) is 2.01. The zero-order valence-electron chi connectivity index (χ0n) is 8.98. The lowest BCUT2D eigenvalue weighted by Crippen LogP contribution is -2.08. The zero-order valence-corrected chi connectivity index (χ0v) is 8.98. The van der Waals surface area contributed by atoms with Crippen molar-refractivity contribution in [2.45, 2.75) is 19.8 Å². The first kappa shape index (κ1) is 8.37. The van der Waals surface area contributed by atoms with Crippen LogP contribution < -0.4 is 0 Å². The second-order valence-corrected chi connectivity index (χ2v) is 5.65. The van der Waals surface area contributed by atoms with Crippen molar-refractivity contribution in [3.63, 3.8) is 0 Å². The molecule has 0 radical (unpaired) electrons. The van der Waals surface area contributed by atoms with Crippen LogP contribution in [0.15, 0.2) is 11.6 Å². The fourth-order valence-corrected chi connectivity index (χ4v) is 4.90. The van der Waals surface area contributed by atoms with Gasteiger partial charge in [-0.25, -0.2) is 0 Å². The van der Waals surface area contributed by atoms with Crippen molar-refractivity contribution in [3.8, 4) is 0 Å². The Kier molecular flexibility index (Phi) is 1.38. The van der Waals surface area contributed by atoms with E-state index in [9.17, 15) is 4.79 Å². The molecule has 5 aliphatic rings. The Hall–Kier alpha value is -0.790. The zero-order chi connectivity index (χ0) is 10.2. The maximum atomic E-state index is 10.7. The molecular weight excluding hydrogens is 188 g/mol. The van der Waals surface area contributed by atoms with Gasteiger partial charge in [0.05, 0.1) is 6.61 Å². The first-order chi connectivity index (χ1) is 7.27. The molecule has 6 atom stereocenters. The molecule has 0 aliphatic heterocycles. The topological polar surface area (TPSA) is 26.3 Å². The van der Waals surface area contributed by atoms with Gasteiger partial charge >= 0.3 is 5.97 Å². The van der Waals surface area contributed by atoms with E-state index < -0.39 is 0 Å². The van der Waals surface area contributed by atoms with Gasteiger partial charge in [0.25, 0.3) is 0 Å². The van der Waals surface area contributed by atoms with E-state index in [0.29, 0.717) is 6.61 Å². The van der Waals surface area contributed by atoms with E-state index in [-0.39, 0.29) is 5.97 Å². The first-order valence-electron chi connectivity index (χ1n) is 6.11. The van der Waals surface area contributed by atoms with Gasteiger partial charge in [-0.3, -0.25) is 4.79 Å². The van der Waals surface area contributed by atoms with Gasteiger partial charge in [-0.15, -0.1) is 0 Å². The van der Waals surface area contributed by atoms with Crippen LogP contribution in [0.3, 0.4) is 0 Å². The molecule has 2 heteroatoms. The average Bonchev–Trinajstić information content (AvgIpc) is 2.56. The molecule has 0 amide bonds.